The fourth-order valence-corrected chi connectivity index (χ4v) is 4.49. The lowest BCUT2D eigenvalue weighted by Crippen LogP contribution is -2.51. The van der Waals surface area contributed by atoms with Crippen molar-refractivity contribution < 1.29 is 18.7 Å². The van der Waals surface area contributed by atoms with Crippen molar-refractivity contribution in [1.29, 1.82) is 0 Å². The fraction of sp³-hybridized carbons (Fsp3) is 0. The zero-order valence-corrected chi connectivity index (χ0v) is 12.7. The van der Waals surface area contributed by atoms with Crippen molar-refractivity contribution >= 4 is 24.9 Å². The largest absolute Gasteiger partial charge is 0.424 e. The molecule has 3 rings (SSSR count). The monoisotopic (exact) mass is 332 g/mol. The molecular formula is C14H13N4O4P. The van der Waals surface area contributed by atoms with Gasteiger partial charge >= 0.3 is 19.6 Å². The van der Waals surface area contributed by atoms with Crippen LogP contribution in [-0.2, 0) is 4.57 Å². The Bertz CT molecular complexity index is 854. The number of benzene rings is 2. The highest BCUT2D eigenvalue weighted by Gasteiger charge is 2.44. The number of fused-ring (bicyclic) bond motifs is 3. The highest BCUT2D eigenvalue weighted by molar-refractivity contribution is 7.66. The van der Waals surface area contributed by atoms with Gasteiger partial charge in [-0.2, -0.15) is 0 Å². The lowest BCUT2D eigenvalue weighted by atomic mass is 10.0. The van der Waals surface area contributed by atoms with E-state index in [9.17, 15) is 14.2 Å². The number of carbonyl (C=O) groups excluding carboxylic acids is 2. The number of nitrogens with two attached hydrogens (primary N) is 2. The van der Waals surface area contributed by atoms with E-state index < -0.39 is 19.6 Å². The number of nitrogens with one attached hydrogen (secondary N) is 1. The summed E-state index contributed by atoms with van der Waals surface area (Å²) in [6.07, 6.45) is 0. The van der Waals surface area contributed by atoms with Crippen LogP contribution in [0.25, 0.3) is 11.1 Å². The van der Waals surface area contributed by atoms with Crippen LogP contribution < -0.4 is 26.7 Å². The second-order valence-electron chi connectivity index (χ2n) is 4.75. The number of urea groups is 2. The lowest BCUT2D eigenvalue weighted by molar-refractivity contribution is 0.205. The Morgan fingerprint density at radius 1 is 1.00 bits per heavy atom. The van der Waals surface area contributed by atoms with E-state index in [2.05, 4.69) is 0 Å². The molecule has 0 aliphatic carbocycles. The summed E-state index contributed by atoms with van der Waals surface area (Å²) >= 11 is 0. The third-order valence-corrected chi connectivity index (χ3v) is 5.56. The number of hydrazine groups is 1. The molecule has 0 radical (unpaired) electrons. The lowest BCUT2D eigenvalue weighted by Gasteiger charge is -2.34. The van der Waals surface area contributed by atoms with Crippen LogP contribution in [0, 0.1) is 0 Å². The quantitative estimate of drug-likeness (QED) is 0.540. The zero-order chi connectivity index (χ0) is 16.6. The van der Waals surface area contributed by atoms with Crippen LogP contribution in [0.15, 0.2) is 48.5 Å². The second kappa shape index (κ2) is 5.33. The molecule has 2 aromatic carbocycles. The Morgan fingerprint density at radius 2 is 1.61 bits per heavy atom. The van der Waals surface area contributed by atoms with Crippen LogP contribution in [-0.4, -0.2) is 16.8 Å². The van der Waals surface area contributed by atoms with Crippen molar-refractivity contribution in [2.24, 2.45) is 11.5 Å². The number of hydrogen-bond acceptors (Lipinski definition) is 4. The summed E-state index contributed by atoms with van der Waals surface area (Å²) in [4.78, 5) is 22.8. The highest BCUT2D eigenvalue weighted by atomic mass is 31.2. The van der Waals surface area contributed by atoms with E-state index in [4.69, 9.17) is 16.0 Å². The Balaban J connectivity index is 2.23. The third kappa shape index (κ3) is 2.39. The van der Waals surface area contributed by atoms with E-state index in [-0.39, 0.29) is 5.30 Å². The van der Waals surface area contributed by atoms with Crippen LogP contribution in [0.5, 0.6) is 5.75 Å². The normalized spacial score (nSPS) is 18.1. The third-order valence-electron chi connectivity index (χ3n) is 3.30. The van der Waals surface area contributed by atoms with E-state index in [1.54, 1.807) is 42.5 Å². The van der Waals surface area contributed by atoms with Gasteiger partial charge in [-0.3, -0.25) is 0 Å². The van der Waals surface area contributed by atoms with Gasteiger partial charge in [-0.15, -0.1) is 4.78 Å². The van der Waals surface area contributed by atoms with Gasteiger partial charge in [0.05, 0.1) is 5.30 Å². The number of nitrogens with zero attached hydrogens (tertiary/aromatic N) is 1. The first-order chi connectivity index (χ1) is 10.9. The van der Waals surface area contributed by atoms with Crippen molar-refractivity contribution in [2.75, 3.05) is 0 Å². The van der Waals surface area contributed by atoms with E-state index in [1.165, 1.54) is 0 Å². The van der Waals surface area contributed by atoms with Gasteiger partial charge in [0.2, 0.25) is 0 Å². The van der Waals surface area contributed by atoms with Gasteiger partial charge in [0.25, 0.3) is 0 Å². The van der Waals surface area contributed by atoms with Crippen LogP contribution in [0.4, 0.5) is 9.59 Å². The summed E-state index contributed by atoms with van der Waals surface area (Å²) in [5, 5.41) is 0.242. The van der Waals surface area contributed by atoms with Crippen LogP contribution in [0.1, 0.15) is 0 Å². The molecule has 0 spiro atoms. The fourth-order valence-electron chi connectivity index (χ4n) is 2.40. The van der Waals surface area contributed by atoms with Crippen molar-refractivity contribution in [3.05, 3.63) is 48.5 Å². The number of primary amides is 2. The molecule has 0 aromatic heterocycles. The topological polar surface area (TPSA) is 128 Å². The summed E-state index contributed by atoms with van der Waals surface area (Å²) in [5.74, 6) is 0.312. The minimum Gasteiger partial charge on any atom is -0.424 e. The van der Waals surface area contributed by atoms with E-state index in [1.807, 2.05) is 11.5 Å². The Kier molecular flexibility index (Phi) is 3.46. The Labute approximate surface area is 131 Å². The van der Waals surface area contributed by atoms with Gasteiger partial charge in [-0.25, -0.2) is 19.6 Å². The van der Waals surface area contributed by atoms with E-state index in [0.29, 0.717) is 16.1 Å². The number of amides is 4. The first-order valence-corrected chi connectivity index (χ1v) is 8.16. The molecule has 2 aromatic rings. The molecule has 1 unspecified atom stereocenters. The zero-order valence-electron chi connectivity index (χ0n) is 11.8. The summed E-state index contributed by atoms with van der Waals surface area (Å²) in [6.45, 7) is 0. The molecule has 8 nitrogen and oxygen atoms in total. The summed E-state index contributed by atoms with van der Waals surface area (Å²) in [6, 6.07) is 11.4. The molecule has 0 bridgehead atoms. The average Bonchev–Trinajstić information content (AvgIpc) is 2.52. The van der Waals surface area contributed by atoms with Gasteiger partial charge in [-0.05, 0) is 12.1 Å². The number of carbonyl (C=O) groups is 2. The van der Waals surface area contributed by atoms with Crippen LogP contribution in [0.3, 0.4) is 0 Å². The SMILES string of the molecule is NC(=O)NN(C(N)=O)P1(=O)Oc2ccccc2-c2ccccc21. The first-order valence-electron chi connectivity index (χ1n) is 6.58. The molecule has 118 valence electrons. The minimum atomic E-state index is -4.01. The number of para-hydroxylation sites is 1. The molecule has 0 saturated heterocycles. The van der Waals surface area contributed by atoms with Crippen molar-refractivity contribution in [2.45, 2.75) is 0 Å². The molecular weight excluding hydrogens is 319 g/mol. The molecule has 9 heteroatoms. The molecule has 1 atom stereocenters. The van der Waals surface area contributed by atoms with Crippen LogP contribution >= 0.6 is 7.52 Å². The Morgan fingerprint density at radius 3 is 2.26 bits per heavy atom. The molecule has 23 heavy (non-hydrogen) atoms. The molecule has 4 amide bonds. The standard InChI is InChI=1S/C14H13N4O4P/c15-13(19)17-18(14(16)20)23(21)12-8-4-2-6-10(12)9-5-1-3-7-11(9)22-23/h1-8H,(H2,16,20)(H3,15,17,19). The maximum absolute atomic E-state index is 13.4. The van der Waals surface area contributed by atoms with Crippen molar-refractivity contribution in [3.8, 4) is 16.9 Å². The number of rotatable bonds is 1. The van der Waals surface area contributed by atoms with Crippen molar-refractivity contribution in [1.82, 2.24) is 10.2 Å². The van der Waals surface area contributed by atoms with Gasteiger partial charge in [0.15, 0.2) is 0 Å². The summed E-state index contributed by atoms with van der Waals surface area (Å²) in [5.41, 5.74) is 13.6. The highest BCUT2D eigenvalue weighted by Crippen LogP contribution is 2.55. The maximum Gasteiger partial charge on any atom is 0.397 e. The van der Waals surface area contributed by atoms with E-state index in [0.717, 1.165) is 5.56 Å². The molecule has 5 N–H and O–H groups in total. The average molecular weight is 332 g/mol. The maximum atomic E-state index is 13.4. The molecule has 0 fully saturated rings. The van der Waals surface area contributed by atoms with Crippen molar-refractivity contribution in [3.63, 3.8) is 0 Å². The predicted molar refractivity (Wildman–Crippen MR) is 83.9 cm³/mol. The van der Waals surface area contributed by atoms with Gasteiger partial charge in [0.1, 0.15) is 5.75 Å². The summed E-state index contributed by atoms with van der Waals surface area (Å²) in [7, 11) is -4.01. The molecule has 1 aliphatic rings. The molecule has 1 aliphatic heterocycles. The van der Waals surface area contributed by atoms with Crippen LogP contribution in [0.2, 0.25) is 0 Å². The minimum absolute atomic E-state index is 0.242. The molecule has 0 saturated carbocycles. The number of hydrogen-bond donors (Lipinski definition) is 3. The van der Waals surface area contributed by atoms with Gasteiger partial charge in [-0.1, -0.05) is 36.4 Å². The van der Waals surface area contributed by atoms with Gasteiger partial charge in [0, 0.05) is 11.1 Å². The Hall–Kier alpha value is -2.99. The van der Waals surface area contributed by atoms with E-state index >= 15 is 0 Å². The predicted octanol–water partition coefficient (Wildman–Crippen LogP) is 1.53. The second-order valence-corrected chi connectivity index (χ2v) is 6.86. The van der Waals surface area contributed by atoms with Gasteiger partial charge < -0.3 is 16.0 Å². The molecule has 1 heterocycles. The summed E-state index contributed by atoms with van der Waals surface area (Å²) < 4.78 is 19.5. The smallest absolute Gasteiger partial charge is 0.397 e. The first kappa shape index (κ1) is 14.9.